The summed E-state index contributed by atoms with van der Waals surface area (Å²) in [5, 5.41) is 9.06. The number of aromatic nitrogens is 2. The van der Waals surface area contributed by atoms with Crippen LogP contribution < -0.4 is 11.1 Å². The van der Waals surface area contributed by atoms with Crippen LogP contribution in [-0.4, -0.2) is 16.1 Å². The number of anilines is 2. The van der Waals surface area contributed by atoms with Crippen molar-refractivity contribution in [3.8, 4) is 0 Å². The lowest BCUT2D eigenvalue weighted by molar-refractivity contribution is 0.102. The molecule has 0 spiro atoms. The van der Waals surface area contributed by atoms with E-state index in [-0.39, 0.29) is 5.91 Å². The number of carbonyl (C=O) groups is 1. The fourth-order valence-electron chi connectivity index (χ4n) is 1.39. The van der Waals surface area contributed by atoms with Crippen LogP contribution in [0.3, 0.4) is 0 Å². The molecule has 4 N–H and O–H groups in total. The highest BCUT2D eigenvalue weighted by atomic mass is 16.1. The summed E-state index contributed by atoms with van der Waals surface area (Å²) in [7, 11) is 0. The van der Waals surface area contributed by atoms with E-state index in [9.17, 15) is 4.79 Å². The van der Waals surface area contributed by atoms with E-state index in [1.807, 2.05) is 13.0 Å². The molecule has 0 aliphatic heterocycles. The summed E-state index contributed by atoms with van der Waals surface area (Å²) in [6.07, 6.45) is 1.56. The third kappa shape index (κ3) is 1.88. The third-order valence-corrected chi connectivity index (χ3v) is 2.32. The predicted molar refractivity (Wildman–Crippen MR) is 62.1 cm³/mol. The van der Waals surface area contributed by atoms with Crippen LogP contribution in [0.15, 0.2) is 30.5 Å². The van der Waals surface area contributed by atoms with Crippen molar-refractivity contribution in [3.05, 3.63) is 41.6 Å². The predicted octanol–water partition coefficient (Wildman–Crippen LogP) is 1.55. The van der Waals surface area contributed by atoms with Gasteiger partial charge in [0.2, 0.25) is 0 Å². The summed E-state index contributed by atoms with van der Waals surface area (Å²) >= 11 is 0. The van der Waals surface area contributed by atoms with Crippen molar-refractivity contribution in [2.45, 2.75) is 6.92 Å². The van der Waals surface area contributed by atoms with Crippen LogP contribution in [0, 0.1) is 6.92 Å². The first-order valence-corrected chi connectivity index (χ1v) is 4.84. The second-order valence-corrected chi connectivity index (χ2v) is 3.46. The van der Waals surface area contributed by atoms with Gasteiger partial charge in [0.1, 0.15) is 5.82 Å². The highest BCUT2D eigenvalue weighted by Gasteiger charge is 2.11. The molecule has 0 aliphatic rings. The Balaban J connectivity index is 2.24. The lowest BCUT2D eigenvalue weighted by atomic mass is 10.1. The molecule has 0 unspecified atom stereocenters. The SMILES string of the molecule is Cc1cccc(C(=O)Nc2ccn[nH]2)c1N. The number of para-hydroxylation sites is 1. The zero-order valence-corrected chi connectivity index (χ0v) is 8.82. The Bertz CT molecular complexity index is 505. The normalized spacial score (nSPS) is 10.1. The van der Waals surface area contributed by atoms with Crippen molar-refractivity contribution in [2.75, 3.05) is 11.1 Å². The van der Waals surface area contributed by atoms with Gasteiger partial charge in [0.25, 0.3) is 5.91 Å². The van der Waals surface area contributed by atoms with E-state index < -0.39 is 0 Å². The minimum atomic E-state index is -0.245. The number of nitrogens with two attached hydrogens (primary N) is 1. The molecular weight excluding hydrogens is 204 g/mol. The zero-order chi connectivity index (χ0) is 11.5. The van der Waals surface area contributed by atoms with Crippen molar-refractivity contribution < 1.29 is 4.79 Å². The van der Waals surface area contributed by atoms with E-state index in [1.54, 1.807) is 24.4 Å². The lowest BCUT2D eigenvalue weighted by Gasteiger charge is -2.07. The van der Waals surface area contributed by atoms with Crippen molar-refractivity contribution in [1.82, 2.24) is 10.2 Å². The second kappa shape index (κ2) is 4.06. The molecule has 0 saturated carbocycles. The molecule has 0 atom stereocenters. The van der Waals surface area contributed by atoms with Gasteiger partial charge in [0.15, 0.2) is 0 Å². The van der Waals surface area contributed by atoms with Crippen LogP contribution in [0.25, 0.3) is 0 Å². The topological polar surface area (TPSA) is 83.8 Å². The number of aromatic amines is 1. The summed E-state index contributed by atoms with van der Waals surface area (Å²) in [4.78, 5) is 11.8. The van der Waals surface area contributed by atoms with Gasteiger partial charge in [-0.2, -0.15) is 5.10 Å². The van der Waals surface area contributed by atoms with Gasteiger partial charge >= 0.3 is 0 Å². The Morgan fingerprint density at radius 1 is 1.44 bits per heavy atom. The molecule has 1 aromatic carbocycles. The molecule has 1 heterocycles. The van der Waals surface area contributed by atoms with Crippen LogP contribution in [0.2, 0.25) is 0 Å². The molecule has 0 fully saturated rings. The first-order valence-electron chi connectivity index (χ1n) is 4.84. The molecule has 1 aromatic heterocycles. The lowest BCUT2D eigenvalue weighted by Crippen LogP contribution is -2.14. The van der Waals surface area contributed by atoms with Crippen molar-refractivity contribution in [2.24, 2.45) is 0 Å². The molecule has 5 heteroatoms. The van der Waals surface area contributed by atoms with Gasteiger partial charge in [-0.1, -0.05) is 12.1 Å². The molecule has 0 bridgehead atoms. The van der Waals surface area contributed by atoms with Gasteiger partial charge in [-0.05, 0) is 18.6 Å². The molecular formula is C11H12N4O. The summed E-state index contributed by atoms with van der Waals surface area (Å²) < 4.78 is 0. The quantitative estimate of drug-likeness (QED) is 0.666. The van der Waals surface area contributed by atoms with E-state index in [0.717, 1.165) is 5.56 Å². The van der Waals surface area contributed by atoms with Crippen LogP contribution in [-0.2, 0) is 0 Å². The average Bonchev–Trinajstić information content (AvgIpc) is 2.74. The number of hydrogen-bond acceptors (Lipinski definition) is 3. The van der Waals surface area contributed by atoms with Gasteiger partial charge < -0.3 is 11.1 Å². The number of aryl methyl sites for hydroxylation is 1. The first kappa shape index (κ1) is 10.2. The molecule has 82 valence electrons. The van der Waals surface area contributed by atoms with E-state index in [4.69, 9.17) is 5.73 Å². The van der Waals surface area contributed by atoms with Crippen LogP contribution in [0.4, 0.5) is 11.5 Å². The van der Waals surface area contributed by atoms with E-state index >= 15 is 0 Å². The number of nitrogen functional groups attached to an aromatic ring is 1. The minimum absolute atomic E-state index is 0.245. The van der Waals surface area contributed by atoms with E-state index in [0.29, 0.717) is 17.1 Å². The number of benzene rings is 1. The Labute approximate surface area is 92.7 Å². The highest BCUT2D eigenvalue weighted by molar-refractivity contribution is 6.07. The highest BCUT2D eigenvalue weighted by Crippen LogP contribution is 2.17. The minimum Gasteiger partial charge on any atom is -0.398 e. The molecule has 16 heavy (non-hydrogen) atoms. The maximum absolute atomic E-state index is 11.8. The smallest absolute Gasteiger partial charge is 0.258 e. The number of carbonyl (C=O) groups excluding carboxylic acids is 1. The summed E-state index contributed by atoms with van der Waals surface area (Å²) in [6, 6.07) is 7.02. The summed E-state index contributed by atoms with van der Waals surface area (Å²) in [5.74, 6) is 0.302. The average molecular weight is 216 g/mol. The Kier molecular flexibility index (Phi) is 2.59. The van der Waals surface area contributed by atoms with Gasteiger partial charge in [-0.25, -0.2) is 0 Å². The Hall–Kier alpha value is -2.30. The molecule has 2 aromatic rings. The number of amides is 1. The number of nitrogens with one attached hydrogen (secondary N) is 2. The van der Waals surface area contributed by atoms with E-state index in [1.165, 1.54) is 0 Å². The van der Waals surface area contributed by atoms with Gasteiger partial charge in [-0.3, -0.25) is 9.89 Å². The zero-order valence-electron chi connectivity index (χ0n) is 8.82. The van der Waals surface area contributed by atoms with Crippen molar-refractivity contribution >= 4 is 17.4 Å². The molecule has 5 nitrogen and oxygen atoms in total. The largest absolute Gasteiger partial charge is 0.398 e. The van der Waals surface area contributed by atoms with Crippen LogP contribution in [0.5, 0.6) is 0 Å². The molecule has 2 rings (SSSR count). The monoisotopic (exact) mass is 216 g/mol. The molecule has 0 saturated heterocycles. The fourth-order valence-corrected chi connectivity index (χ4v) is 1.39. The number of nitrogens with zero attached hydrogens (tertiary/aromatic N) is 1. The first-order chi connectivity index (χ1) is 7.68. The van der Waals surface area contributed by atoms with Gasteiger partial charge in [0.05, 0.1) is 11.8 Å². The maximum atomic E-state index is 11.8. The molecule has 0 aliphatic carbocycles. The standard InChI is InChI=1S/C11H12N4O/c1-7-3-2-4-8(10(7)12)11(16)14-9-5-6-13-15-9/h2-6H,12H2,1H3,(H2,13,14,15,16). The van der Waals surface area contributed by atoms with Crippen molar-refractivity contribution in [1.29, 1.82) is 0 Å². The Morgan fingerprint density at radius 2 is 2.25 bits per heavy atom. The molecule has 0 radical (unpaired) electrons. The second-order valence-electron chi connectivity index (χ2n) is 3.46. The van der Waals surface area contributed by atoms with Gasteiger partial charge in [0, 0.05) is 11.8 Å². The van der Waals surface area contributed by atoms with Crippen molar-refractivity contribution in [3.63, 3.8) is 0 Å². The summed E-state index contributed by atoms with van der Waals surface area (Å²) in [5.41, 5.74) is 7.68. The maximum Gasteiger partial charge on any atom is 0.258 e. The molecule has 1 amide bonds. The Morgan fingerprint density at radius 3 is 2.94 bits per heavy atom. The fraction of sp³-hybridized carbons (Fsp3) is 0.0909. The number of H-pyrrole nitrogens is 1. The van der Waals surface area contributed by atoms with Crippen LogP contribution >= 0.6 is 0 Å². The number of hydrogen-bond donors (Lipinski definition) is 3. The number of rotatable bonds is 2. The van der Waals surface area contributed by atoms with E-state index in [2.05, 4.69) is 15.5 Å². The van der Waals surface area contributed by atoms with Crippen LogP contribution in [0.1, 0.15) is 15.9 Å². The third-order valence-electron chi connectivity index (χ3n) is 2.32. The summed E-state index contributed by atoms with van der Waals surface area (Å²) in [6.45, 7) is 1.86. The van der Waals surface area contributed by atoms with Gasteiger partial charge in [-0.15, -0.1) is 0 Å².